The van der Waals surface area contributed by atoms with Crippen LogP contribution in [-0.2, 0) is 0 Å². The highest BCUT2D eigenvalue weighted by molar-refractivity contribution is 5.79. The van der Waals surface area contributed by atoms with Crippen LogP contribution in [0, 0.1) is 6.92 Å². The molecule has 0 saturated heterocycles. The lowest BCUT2D eigenvalue weighted by Crippen LogP contribution is -2.31. The first-order valence-corrected chi connectivity index (χ1v) is 12.2. The number of fused-ring (bicyclic) bond motifs is 1. The summed E-state index contributed by atoms with van der Waals surface area (Å²) in [6.07, 6.45) is 19.2. The molecule has 0 unspecified atom stereocenters. The average molecular weight is 394 g/mol. The average Bonchev–Trinajstić information content (AvgIpc) is 3.29. The zero-order chi connectivity index (χ0) is 19.8. The van der Waals surface area contributed by atoms with Gasteiger partial charge in [0.1, 0.15) is 11.5 Å². The lowest BCUT2D eigenvalue weighted by molar-refractivity contribution is 0.425. The Balaban J connectivity index is 1.69. The summed E-state index contributed by atoms with van der Waals surface area (Å²) < 4.78 is 2.12. The van der Waals surface area contributed by atoms with Gasteiger partial charge in [0.25, 0.3) is 5.56 Å². The SMILES string of the molecule is Cc1c(C2CCCCC2)c(=O)n(C2CCCC2)c2nc(C3CCCCC3)ncc12. The minimum Gasteiger partial charge on any atom is -0.289 e. The Kier molecular flexibility index (Phi) is 5.45. The molecule has 0 N–H and O–H groups in total. The van der Waals surface area contributed by atoms with Gasteiger partial charge in [-0.2, -0.15) is 0 Å². The summed E-state index contributed by atoms with van der Waals surface area (Å²) >= 11 is 0. The van der Waals surface area contributed by atoms with E-state index in [1.807, 2.05) is 0 Å². The van der Waals surface area contributed by atoms with Gasteiger partial charge in [-0.05, 0) is 56.9 Å². The smallest absolute Gasteiger partial charge is 0.256 e. The van der Waals surface area contributed by atoms with E-state index in [1.165, 1.54) is 64.2 Å². The van der Waals surface area contributed by atoms with Crippen LogP contribution in [0.15, 0.2) is 11.0 Å². The van der Waals surface area contributed by atoms with E-state index in [4.69, 9.17) is 9.97 Å². The van der Waals surface area contributed by atoms with Crippen LogP contribution in [0.4, 0.5) is 0 Å². The molecule has 0 atom stereocenters. The van der Waals surface area contributed by atoms with Gasteiger partial charge >= 0.3 is 0 Å². The van der Waals surface area contributed by atoms with Crippen LogP contribution in [0.25, 0.3) is 11.0 Å². The Morgan fingerprint density at radius 2 is 1.41 bits per heavy atom. The number of aryl methyl sites for hydroxylation is 1. The molecule has 5 rings (SSSR count). The number of hydrogen-bond donors (Lipinski definition) is 0. The standard InChI is InChI=1S/C25H35N3O/c1-17-21-16-26-23(19-12-6-3-7-13-19)27-24(21)28(20-14-8-9-15-20)25(29)22(17)18-10-4-2-5-11-18/h16,18-20H,2-15H2,1H3. The van der Waals surface area contributed by atoms with Crippen molar-refractivity contribution >= 4 is 11.0 Å². The molecule has 3 fully saturated rings. The predicted molar refractivity (Wildman–Crippen MR) is 118 cm³/mol. The largest absolute Gasteiger partial charge is 0.289 e. The molecular weight excluding hydrogens is 358 g/mol. The van der Waals surface area contributed by atoms with Crippen molar-refractivity contribution in [3.63, 3.8) is 0 Å². The zero-order valence-electron chi connectivity index (χ0n) is 18.0. The van der Waals surface area contributed by atoms with Crippen LogP contribution in [0.3, 0.4) is 0 Å². The van der Waals surface area contributed by atoms with Crippen LogP contribution in [0.5, 0.6) is 0 Å². The topological polar surface area (TPSA) is 47.8 Å². The summed E-state index contributed by atoms with van der Waals surface area (Å²) in [6.45, 7) is 2.15. The second-order valence-electron chi connectivity index (χ2n) is 9.79. The van der Waals surface area contributed by atoms with Gasteiger partial charge in [-0.3, -0.25) is 9.36 Å². The summed E-state index contributed by atoms with van der Waals surface area (Å²) in [5.41, 5.74) is 3.43. The van der Waals surface area contributed by atoms with E-state index in [1.54, 1.807) is 0 Å². The molecule has 2 aromatic heterocycles. The van der Waals surface area contributed by atoms with Crippen molar-refractivity contribution in [1.29, 1.82) is 0 Å². The molecule has 0 aromatic carbocycles. The number of rotatable bonds is 3. The Labute approximate surface area is 174 Å². The quantitative estimate of drug-likeness (QED) is 0.614. The van der Waals surface area contributed by atoms with E-state index in [-0.39, 0.29) is 5.56 Å². The van der Waals surface area contributed by atoms with Gasteiger partial charge in [0.2, 0.25) is 0 Å². The highest BCUT2D eigenvalue weighted by atomic mass is 16.1. The third-order valence-corrected chi connectivity index (χ3v) is 7.95. The molecule has 0 bridgehead atoms. The van der Waals surface area contributed by atoms with Crippen molar-refractivity contribution in [2.24, 2.45) is 0 Å². The molecule has 3 aliphatic carbocycles. The zero-order valence-corrected chi connectivity index (χ0v) is 18.0. The van der Waals surface area contributed by atoms with E-state index in [2.05, 4.69) is 17.7 Å². The first-order chi connectivity index (χ1) is 14.2. The van der Waals surface area contributed by atoms with Crippen LogP contribution in [0.2, 0.25) is 0 Å². The Morgan fingerprint density at radius 3 is 2.07 bits per heavy atom. The molecule has 0 amide bonds. The molecule has 4 nitrogen and oxygen atoms in total. The van der Waals surface area contributed by atoms with Crippen molar-refractivity contribution in [2.75, 3.05) is 0 Å². The molecule has 0 spiro atoms. The van der Waals surface area contributed by atoms with Gasteiger partial charge < -0.3 is 0 Å². The van der Waals surface area contributed by atoms with Crippen molar-refractivity contribution in [2.45, 2.75) is 115 Å². The van der Waals surface area contributed by atoms with Crippen LogP contribution in [-0.4, -0.2) is 14.5 Å². The molecule has 0 radical (unpaired) electrons. The molecule has 3 aliphatic rings. The monoisotopic (exact) mass is 393 g/mol. The first-order valence-electron chi connectivity index (χ1n) is 12.2. The van der Waals surface area contributed by atoms with Gasteiger partial charge in [0.15, 0.2) is 0 Å². The fourth-order valence-electron chi connectivity index (χ4n) is 6.30. The predicted octanol–water partition coefficient (Wildman–Crippen LogP) is 6.31. The number of pyridine rings is 1. The lowest BCUT2D eigenvalue weighted by Gasteiger charge is -2.27. The van der Waals surface area contributed by atoms with E-state index in [0.29, 0.717) is 17.9 Å². The molecule has 2 aromatic rings. The fraction of sp³-hybridized carbons (Fsp3) is 0.720. The second-order valence-corrected chi connectivity index (χ2v) is 9.79. The summed E-state index contributed by atoms with van der Waals surface area (Å²) in [5.74, 6) is 1.87. The minimum atomic E-state index is 0.266. The van der Waals surface area contributed by atoms with Crippen LogP contribution in [0.1, 0.15) is 125 Å². The second kappa shape index (κ2) is 8.20. The number of aromatic nitrogens is 3. The third kappa shape index (κ3) is 3.53. The van der Waals surface area contributed by atoms with Crippen molar-refractivity contribution in [3.05, 3.63) is 33.5 Å². The van der Waals surface area contributed by atoms with Gasteiger partial charge in [-0.1, -0.05) is 51.4 Å². The molecule has 2 heterocycles. The van der Waals surface area contributed by atoms with Crippen LogP contribution < -0.4 is 5.56 Å². The van der Waals surface area contributed by atoms with E-state index >= 15 is 0 Å². The van der Waals surface area contributed by atoms with Crippen LogP contribution >= 0.6 is 0 Å². The van der Waals surface area contributed by atoms with Crippen molar-refractivity contribution in [1.82, 2.24) is 14.5 Å². The maximum atomic E-state index is 13.9. The van der Waals surface area contributed by atoms with Crippen molar-refractivity contribution < 1.29 is 0 Å². The van der Waals surface area contributed by atoms with Gasteiger partial charge in [-0.15, -0.1) is 0 Å². The van der Waals surface area contributed by atoms with Gasteiger partial charge in [-0.25, -0.2) is 9.97 Å². The summed E-state index contributed by atoms with van der Waals surface area (Å²) in [4.78, 5) is 23.8. The molecule has 156 valence electrons. The molecule has 29 heavy (non-hydrogen) atoms. The van der Waals surface area contributed by atoms with Crippen molar-refractivity contribution in [3.8, 4) is 0 Å². The molecular formula is C25H35N3O. The normalized spacial score (nSPS) is 22.5. The highest BCUT2D eigenvalue weighted by Crippen LogP contribution is 2.38. The maximum absolute atomic E-state index is 13.9. The fourth-order valence-corrected chi connectivity index (χ4v) is 6.30. The van der Waals surface area contributed by atoms with E-state index < -0.39 is 0 Å². The molecule has 3 saturated carbocycles. The minimum absolute atomic E-state index is 0.266. The highest BCUT2D eigenvalue weighted by Gasteiger charge is 2.29. The van der Waals surface area contributed by atoms with E-state index in [0.717, 1.165) is 53.7 Å². The summed E-state index contributed by atoms with van der Waals surface area (Å²) in [6, 6.07) is 0.321. The maximum Gasteiger partial charge on any atom is 0.256 e. The van der Waals surface area contributed by atoms with Gasteiger partial charge in [0, 0.05) is 29.1 Å². The van der Waals surface area contributed by atoms with Gasteiger partial charge in [0.05, 0.1) is 0 Å². The first kappa shape index (κ1) is 19.3. The Bertz CT molecular complexity index is 929. The van der Waals surface area contributed by atoms with E-state index in [9.17, 15) is 4.79 Å². The molecule has 0 aliphatic heterocycles. The number of hydrogen-bond acceptors (Lipinski definition) is 3. The summed E-state index contributed by atoms with van der Waals surface area (Å²) in [5, 5.41) is 1.12. The Hall–Kier alpha value is -1.71. The summed E-state index contributed by atoms with van der Waals surface area (Å²) in [7, 11) is 0. The lowest BCUT2D eigenvalue weighted by atomic mass is 9.82. The number of nitrogens with zero attached hydrogens (tertiary/aromatic N) is 3. The third-order valence-electron chi connectivity index (χ3n) is 7.95. The molecule has 4 heteroatoms. The Morgan fingerprint density at radius 1 is 0.828 bits per heavy atom.